The van der Waals surface area contributed by atoms with E-state index in [2.05, 4.69) is 24.1 Å². The van der Waals surface area contributed by atoms with Crippen LogP contribution in [0.5, 0.6) is 5.75 Å². The zero-order valence-corrected chi connectivity index (χ0v) is 19.9. The molecule has 1 fully saturated rings. The lowest BCUT2D eigenvalue weighted by Gasteiger charge is -2.36. The number of ether oxygens (including phenoxy) is 3. The fourth-order valence-corrected chi connectivity index (χ4v) is 4.14. The van der Waals surface area contributed by atoms with E-state index in [0.717, 1.165) is 19.0 Å². The molecule has 0 saturated heterocycles. The van der Waals surface area contributed by atoms with Crippen LogP contribution in [0.4, 0.5) is 5.69 Å². The number of hydrogen-bond acceptors (Lipinski definition) is 6. The highest BCUT2D eigenvalue weighted by molar-refractivity contribution is 5.98. The minimum atomic E-state index is -0.259. The number of amides is 2. The van der Waals surface area contributed by atoms with Crippen molar-refractivity contribution in [3.8, 4) is 5.75 Å². The third-order valence-corrected chi connectivity index (χ3v) is 6.32. The highest BCUT2D eigenvalue weighted by Crippen LogP contribution is 2.32. The molecule has 3 rings (SSSR count). The van der Waals surface area contributed by atoms with E-state index in [4.69, 9.17) is 14.2 Å². The van der Waals surface area contributed by atoms with E-state index in [1.165, 1.54) is 20.0 Å². The van der Waals surface area contributed by atoms with Crippen LogP contribution in [-0.4, -0.2) is 87.9 Å². The molecule has 178 valence electrons. The maximum absolute atomic E-state index is 13.2. The third-order valence-electron chi connectivity index (χ3n) is 6.32. The van der Waals surface area contributed by atoms with E-state index in [0.29, 0.717) is 30.2 Å². The summed E-state index contributed by atoms with van der Waals surface area (Å²) in [6.45, 7) is 7.21. The second-order valence-corrected chi connectivity index (χ2v) is 9.19. The monoisotopic (exact) mass is 447 g/mol. The average Bonchev–Trinajstić information content (AvgIpc) is 3.58. The van der Waals surface area contributed by atoms with Crippen LogP contribution in [0.3, 0.4) is 0 Å². The Morgan fingerprint density at radius 2 is 1.97 bits per heavy atom. The summed E-state index contributed by atoms with van der Waals surface area (Å²) in [4.78, 5) is 29.3. The van der Waals surface area contributed by atoms with Crippen molar-refractivity contribution in [1.82, 2.24) is 9.80 Å². The van der Waals surface area contributed by atoms with E-state index >= 15 is 0 Å². The zero-order valence-electron chi connectivity index (χ0n) is 19.9. The van der Waals surface area contributed by atoms with Crippen molar-refractivity contribution in [1.29, 1.82) is 0 Å². The SMILES string of the molecule is COCC(=O)Nc1ccc2c(c1)OC[C@H](C)N(CC1CC1)C[C@H](C)[C@@H](OC)CN(C)C2=O. The van der Waals surface area contributed by atoms with Gasteiger partial charge in [-0.05, 0) is 43.7 Å². The number of nitrogens with zero attached hydrogens (tertiary/aromatic N) is 2. The summed E-state index contributed by atoms with van der Waals surface area (Å²) in [5.74, 6) is 1.11. The summed E-state index contributed by atoms with van der Waals surface area (Å²) in [6.07, 6.45) is 2.52. The van der Waals surface area contributed by atoms with Crippen LogP contribution < -0.4 is 10.1 Å². The van der Waals surface area contributed by atoms with E-state index in [1.54, 1.807) is 37.3 Å². The Morgan fingerprint density at radius 1 is 1.22 bits per heavy atom. The Hall–Kier alpha value is -2.16. The molecule has 1 N–H and O–H groups in total. The lowest BCUT2D eigenvalue weighted by Crippen LogP contribution is -2.47. The predicted molar refractivity (Wildman–Crippen MR) is 123 cm³/mol. The first-order valence-corrected chi connectivity index (χ1v) is 11.4. The van der Waals surface area contributed by atoms with Gasteiger partial charge in [-0.1, -0.05) is 6.92 Å². The number of nitrogens with one attached hydrogen (secondary N) is 1. The van der Waals surface area contributed by atoms with Gasteiger partial charge in [-0.25, -0.2) is 0 Å². The maximum Gasteiger partial charge on any atom is 0.257 e. The molecule has 0 unspecified atom stereocenters. The fourth-order valence-electron chi connectivity index (χ4n) is 4.14. The number of carbonyl (C=O) groups is 2. The van der Waals surface area contributed by atoms with E-state index < -0.39 is 0 Å². The molecule has 8 heteroatoms. The smallest absolute Gasteiger partial charge is 0.257 e. The summed E-state index contributed by atoms with van der Waals surface area (Å²) in [5, 5.41) is 2.78. The molecule has 3 atom stereocenters. The molecular weight excluding hydrogens is 410 g/mol. The van der Waals surface area contributed by atoms with Crippen LogP contribution in [0.15, 0.2) is 18.2 Å². The summed E-state index contributed by atoms with van der Waals surface area (Å²) in [7, 11) is 4.97. The third kappa shape index (κ3) is 6.43. The number of hydrogen-bond donors (Lipinski definition) is 1. The van der Waals surface area contributed by atoms with Crippen molar-refractivity contribution in [2.24, 2.45) is 11.8 Å². The van der Waals surface area contributed by atoms with Gasteiger partial charge in [-0.3, -0.25) is 14.5 Å². The molecule has 1 heterocycles. The lowest BCUT2D eigenvalue weighted by molar-refractivity contribution is -0.119. The topological polar surface area (TPSA) is 80.3 Å². The number of carbonyl (C=O) groups excluding carboxylic acids is 2. The van der Waals surface area contributed by atoms with Gasteiger partial charge in [0.15, 0.2) is 0 Å². The van der Waals surface area contributed by atoms with Crippen LogP contribution in [0.1, 0.15) is 37.0 Å². The summed E-state index contributed by atoms with van der Waals surface area (Å²) < 4.78 is 16.9. The summed E-state index contributed by atoms with van der Waals surface area (Å²) in [5.41, 5.74) is 1.04. The highest BCUT2D eigenvalue weighted by Gasteiger charge is 2.31. The molecular formula is C24H37N3O5. The highest BCUT2D eigenvalue weighted by atomic mass is 16.5. The van der Waals surface area contributed by atoms with E-state index in [1.807, 2.05) is 0 Å². The van der Waals surface area contributed by atoms with Gasteiger partial charge in [0, 0.05) is 58.7 Å². The Labute approximate surface area is 191 Å². The fraction of sp³-hybridized carbons (Fsp3) is 0.667. The minimum Gasteiger partial charge on any atom is -0.491 e. The van der Waals surface area contributed by atoms with Crippen molar-refractivity contribution < 1.29 is 23.8 Å². The van der Waals surface area contributed by atoms with Crippen molar-refractivity contribution >= 4 is 17.5 Å². The molecule has 8 nitrogen and oxygen atoms in total. The van der Waals surface area contributed by atoms with Crippen LogP contribution in [0.25, 0.3) is 0 Å². The van der Waals surface area contributed by atoms with Crippen molar-refractivity contribution in [2.45, 2.75) is 38.8 Å². The van der Waals surface area contributed by atoms with Gasteiger partial charge in [0.05, 0.1) is 11.7 Å². The molecule has 0 bridgehead atoms. The molecule has 1 saturated carbocycles. The first-order valence-electron chi connectivity index (χ1n) is 11.4. The molecule has 2 aliphatic rings. The largest absolute Gasteiger partial charge is 0.491 e. The van der Waals surface area contributed by atoms with Crippen molar-refractivity contribution in [2.75, 3.05) is 59.4 Å². The van der Waals surface area contributed by atoms with Crippen LogP contribution in [-0.2, 0) is 14.3 Å². The Balaban J connectivity index is 1.89. The van der Waals surface area contributed by atoms with Gasteiger partial charge >= 0.3 is 0 Å². The summed E-state index contributed by atoms with van der Waals surface area (Å²) in [6, 6.07) is 5.32. The minimum absolute atomic E-state index is 0.0383. The Morgan fingerprint density at radius 3 is 2.62 bits per heavy atom. The van der Waals surface area contributed by atoms with Crippen LogP contribution >= 0.6 is 0 Å². The molecule has 1 aromatic rings. The number of fused-ring (bicyclic) bond motifs is 1. The second-order valence-electron chi connectivity index (χ2n) is 9.19. The number of benzene rings is 1. The van der Waals surface area contributed by atoms with Crippen molar-refractivity contribution in [3.63, 3.8) is 0 Å². The van der Waals surface area contributed by atoms with Crippen molar-refractivity contribution in [3.05, 3.63) is 23.8 Å². The normalized spacial score (nSPS) is 25.3. The predicted octanol–water partition coefficient (Wildman–Crippen LogP) is 2.49. The molecule has 0 spiro atoms. The number of anilines is 1. The number of likely N-dealkylation sites (N-methyl/N-ethyl adjacent to an activating group) is 1. The maximum atomic E-state index is 13.2. The first kappa shape index (κ1) is 24.5. The van der Waals surface area contributed by atoms with E-state index in [-0.39, 0.29) is 36.5 Å². The molecule has 1 aromatic carbocycles. The van der Waals surface area contributed by atoms with Crippen LogP contribution in [0.2, 0.25) is 0 Å². The number of methoxy groups -OCH3 is 2. The lowest BCUT2D eigenvalue weighted by atomic mass is 10.0. The molecule has 1 aliphatic carbocycles. The van der Waals surface area contributed by atoms with E-state index in [9.17, 15) is 9.59 Å². The second kappa shape index (κ2) is 11.1. The molecule has 1 aliphatic heterocycles. The summed E-state index contributed by atoms with van der Waals surface area (Å²) >= 11 is 0. The molecule has 2 amide bonds. The zero-order chi connectivity index (χ0) is 23.3. The van der Waals surface area contributed by atoms with Crippen LogP contribution in [0, 0.1) is 11.8 Å². The molecule has 0 radical (unpaired) electrons. The standard InChI is InChI=1S/C24H37N3O5/c1-16-11-27(12-18-6-7-18)17(2)14-32-21-10-19(25-23(28)15-30-4)8-9-20(21)24(29)26(3)13-22(16)31-5/h8-10,16-18,22H,6-7,11-15H2,1-5H3,(H,25,28)/t16-,17-,22-/m0/s1. The van der Waals surface area contributed by atoms with Gasteiger partial charge in [-0.15, -0.1) is 0 Å². The van der Waals surface area contributed by atoms with Gasteiger partial charge < -0.3 is 24.4 Å². The van der Waals surface area contributed by atoms with Gasteiger partial charge in [0.25, 0.3) is 5.91 Å². The van der Waals surface area contributed by atoms with Gasteiger partial charge in [0.2, 0.25) is 5.91 Å². The number of rotatable bonds is 6. The van der Waals surface area contributed by atoms with Gasteiger partial charge in [0.1, 0.15) is 19.0 Å². The quantitative estimate of drug-likeness (QED) is 0.722. The molecule has 32 heavy (non-hydrogen) atoms. The van der Waals surface area contributed by atoms with Gasteiger partial charge in [-0.2, -0.15) is 0 Å². The first-order chi connectivity index (χ1) is 15.3. The molecule has 0 aromatic heterocycles. The Kier molecular flexibility index (Phi) is 8.51. The average molecular weight is 448 g/mol. The Bertz CT molecular complexity index is 798.